The molecule has 0 spiro atoms. The number of nitrogens with one attached hydrogen (secondary N) is 1. The number of anilines is 1. The Morgan fingerprint density at radius 1 is 0.974 bits per heavy atom. The number of phenolic OH excluding ortho intramolecular Hbond substituents is 1. The largest absolute Gasteiger partial charge is 1.00 e. The van der Waals surface area contributed by atoms with Crippen LogP contribution in [0.15, 0.2) is 68.6 Å². The average Bonchev–Trinajstić information content (AvgIpc) is 2.77. The van der Waals surface area contributed by atoms with Gasteiger partial charge in [-0.15, -0.1) is 5.11 Å². The van der Waals surface area contributed by atoms with E-state index in [2.05, 4.69) is 19.7 Å². The van der Waals surface area contributed by atoms with Crippen LogP contribution in [0.3, 0.4) is 0 Å². The predicted octanol–water partition coefficient (Wildman–Crippen LogP) is -0.237. The van der Waals surface area contributed by atoms with Gasteiger partial charge in [0.15, 0.2) is 15.6 Å². The van der Waals surface area contributed by atoms with Gasteiger partial charge in [-0.05, 0) is 41.8 Å². The first kappa shape index (κ1) is 31.7. The van der Waals surface area contributed by atoms with Gasteiger partial charge in [-0.1, -0.05) is 12.1 Å². The minimum absolute atomic E-state index is 0. The van der Waals surface area contributed by atoms with E-state index in [-0.39, 0.29) is 56.6 Å². The van der Waals surface area contributed by atoms with E-state index in [9.17, 15) is 39.7 Å². The number of hydrogen-bond acceptors (Lipinski definition) is 11. The Balaban J connectivity index is 0.00000507. The third-order valence-electron chi connectivity index (χ3n) is 4.68. The van der Waals surface area contributed by atoms with E-state index in [1.165, 1.54) is 43.3 Å². The third-order valence-corrected chi connectivity index (χ3v) is 7.69. The minimum Gasteiger partial charge on any atom is -0.505 e. The van der Waals surface area contributed by atoms with Crippen molar-refractivity contribution in [3.63, 3.8) is 0 Å². The summed E-state index contributed by atoms with van der Waals surface area (Å²) in [6.45, 7) is 0.414. The van der Waals surface area contributed by atoms with Crippen molar-refractivity contribution >= 4 is 64.1 Å². The Morgan fingerprint density at radius 3 is 2.26 bits per heavy atom. The van der Waals surface area contributed by atoms with Crippen LogP contribution in [-0.2, 0) is 39.3 Å². The van der Waals surface area contributed by atoms with Gasteiger partial charge in [0.25, 0.3) is 10.1 Å². The number of amides is 1. The average molecular weight is 597 g/mol. The molecule has 4 N–H and O–H groups in total. The molecular weight excluding hydrogens is 577 g/mol. The Bertz CT molecular complexity index is 1740. The summed E-state index contributed by atoms with van der Waals surface area (Å²) in [5.41, 5.74) is -0.469. The quantitative estimate of drug-likeness (QED) is 0.143. The van der Waals surface area contributed by atoms with Crippen LogP contribution in [0.2, 0.25) is 0 Å². The van der Waals surface area contributed by atoms with Crippen molar-refractivity contribution in [2.24, 2.45) is 10.2 Å². The molecule has 198 valence electrons. The molecule has 0 aliphatic rings. The van der Waals surface area contributed by atoms with Gasteiger partial charge in [-0.3, -0.25) is 13.9 Å². The smallest absolute Gasteiger partial charge is 0.505 e. The van der Waals surface area contributed by atoms with Crippen LogP contribution in [0.1, 0.15) is 6.92 Å². The van der Waals surface area contributed by atoms with Crippen molar-refractivity contribution in [3.8, 4) is 5.75 Å². The first-order valence-corrected chi connectivity index (χ1v) is 14.4. The summed E-state index contributed by atoms with van der Waals surface area (Å²) in [6.07, 6.45) is 0. The SMILES string of the molecule is CC(=O)Nc1ccc2cc(S(=O)(=O)O)c(N=Nc3cccc(S(=O)(=O)CCOS(=O)(=O)O)c3)c(O)c2c1.[Na+]. The monoisotopic (exact) mass is 596 g/mol. The third kappa shape index (κ3) is 8.26. The van der Waals surface area contributed by atoms with Gasteiger partial charge in [0.2, 0.25) is 5.91 Å². The first-order valence-electron chi connectivity index (χ1n) is 9.98. The van der Waals surface area contributed by atoms with Gasteiger partial charge in [-0.25, -0.2) is 12.6 Å². The van der Waals surface area contributed by atoms with E-state index in [0.717, 1.165) is 12.1 Å². The van der Waals surface area contributed by atoms with Crippen molar-refractivity contribution < 1.29 is 78.0 Å². The zero-order chi connectivity index (χ0) is 27.6. The Labute approximate surface area is 239 Å². The standard InChI is InChI=1S/C20H19N3O11S3.Na/c1-12(24)21-14-6-5-13-9-18(36(28,29)30)19(20(25)17(13)11-14)23-22-15-3-2-4-16(10-15)35(26,27)8-7-34-37(31,32)33;/h2-6,9-11,25H,7-8H2,1H3,(H,21,24)(H,28,29,30)(H,31,32,33);/q;+1. The Hall–Kier alpha value is -2.48. The molecule has 0 aromatic heterocycles. The number of benzene rings is 3. The number of aromatic hydroxyl groups is 1. The summed E-state index contributed by atoms with van der Waals surface area (Å²) < 4.78 is 92.3. The molecule has 1 amide bonds. The van der Waals surface area contributed by atoms with Gasteiger partial charge in [0.05, 0.1) is 22.9 Å². The molecule has 3 aromatic rings. The van der Waals surface area contributed by atoms with E-state index < -0.39 is 65.0 Å². The zero-order valence-electron chi connectivity index (χ0n) is 19.8. The minimum atomic E-state index is -4.90. The number of azo groups is 1. The molecule has 0 bridgehead atoms. The second-order valence-corrected chi connectivity index (χ2v) is 12.0. The molecule has 3 rings (SSSR count). The number of phenols is 1. The molecule has 38 heavy (non-hydrogen) atoms. The van der Waals surface area contributed by atoms with Crippen molar-refractivity contribution in [1.82, 2.24) is 0 Å². The second kappa shape index (κ2) is 12.1. The Kier molecular flexibility index (Phi) is 10.1. The number of nitrogens with zero attached hydrogens (tertiary/aromatic N) is 2. The Morgan fingerprint density at radius 2 is 1.66 bits per heavy atom. The van der Waals surface area contributed by atoms with Crippen molar-refractivity contribution in [2.45, 2.75) is 16.7 Å². The van der Waals surface area contributed by atoms with E-state index >= 15 is 0 Å². The molecule has 0 fully saturated rings. The van der Waals surface area contributed by atoms with Crippen LogP contribution in [0.5, 0.6) is 5.75 Å². The fraction of sp³-hybridized carbons (Fsp3) is 0.150. The normalized spacial score (nSPS) is 12.4. The molecule has 0 saturated heterocycles. The van der Waals surface area contributed by atoms with Crippen LogP contribution >= 0.6 is 0 Å². The fourth-order valence-corrected chi connectivity index (χ4v) is 5.31. The predicted molar refractivity (Wildman–Crippen MR) is 130 cm³/mol. The van der Waals surface area contributed by atoms with Gasteiger partial charge < -0.3 is 10.4 Å². The van der Waals surface area contributed by atoms with Gasteiger partial charge in [0, 0.05) is 18.0 Å². The number of sulfone groups is 1. The van der Waals surface area contributed by atoms with Gasteiger partial charge >= 0.3 is 40.0 Å². The molecule has 0 atom stereocenters. The summed E-state index contributed by atoms with van der Waals surface area (Å²) >= 11 is 0. The van der Waals surface area contributed by atoms with Crippen LogP contribution in [0.25, 0.3) is 10.8 Å². The molecule has 0 aliphatic carbocycles. The summed E-state index contributed by atoms with van der Waals surface area (Å²) in [7, 11) is -13.8. The summed E-state index contributed by atoms with van der Waals surface area (Å²) in [5.74, 6) is -1.89. The number of carbonyl (C=O) groups excluding carboxylic acids is 1. The van der Waals surface area contributed by atoms with E-state index in [0.29, 0.717) is 0 Å². The molecule has 0 unspecified atom stereocenters. The summed E-state index contributed by atoms with van der Waals surface area (Å²) in [4.78, 5) is 10.2. The van der Waals surface area contributed by atoms with Crippen LogP contribution in [0, 0.1) is 0 Å². The maximum absolute atomic E-state index is 12.4. The van der Waals surface area contributed by atoms with E-state index in [1.54, 1.807) is 0 Å². The number of carbonyl (C=O) groups is 1. The molecule has 14 nitrogen and oxygen atoms in total. The van der Waals surface area contributed by atoms with Gasteiger partial charge in [0.1, 0.15) is 10.6 Å². The number of fused-ring (bicyclic) bond motifs is 1. The number of hydrogen-bond donors (Lipinski definition) is 4. The van der Waals surface area contributed by atoms with Crippen LogP contribution in [-0.4, -0.2) is 57.7 Å². The molecule has 0 saturated carbocycles. The summed E-state index contributed by atoms with van der Waals surface area (Å²) in [6, 6.07) is 10.0. The fourth-order valence-electron chi connectivity index (χ4n) is 3.13. The van der Waals surface area contributed by atoms with Gasteiger partial charge in [-0.2, -0.15) is 21.9 Å². The molecule has 0 heterocycles. The van der Waals surface area contributed by atoms with Crippen molar-refractivity contribution in [3.05, 3.63) is 48.5 Å². The molecule has 3 aromatic carbocycles. The van der Waals surface area contributed by atoms with Crippen molar-refractivity contribution in [1.29, 1.82) is 0 Å². The molecular formula is C20H19N3NaO11S3+. The maximum atomic E-state index is 12.4. The molecule has 18 heteroatoms. The van der Waals surface area contributed by atoms with Crippen molar-refractivity contribution in [2.75, 3.05) is 17.7 Å². The van der Waals surface area contributed by atoms with Crippen LogP contribution < -0.4 is 34.9 Å². The zero-order valence-corrected chi connectivity index (χ0v) is 24.2. The summed E-state index contributed by atoms with van der Waals surface area (Å²) in [5, 5.41) is 21.0. The first-order chi connectivity index (χ1) is 17.1. The van der Waals surface area contributed by atoms with E-state index in [1.807, 2.05) is 0 Å². The second-order valence-electron chi connectivity index (χ2n) is 7.43. The molecule has 0 aliphatic heterocycles. The maximum Gasteiger partial charge on any atom is 1.00 e. The van der Waals surface area contributed by atoms with Crippen LogP contribution in [0.4, 0.5) is 17.1 Å². The topological polar surface area (TPSA) is 226 Å². The number of rotatable bonds is 9. The van der Waals surface area contributed by atoms with E-state index in [4.69, 9.17) is 4.55 Å². The molecule has 0 radical (unpaired) electrons.